The number of amides is 3. The predicted molar refractivity (Wildman–Crippen MR) is 149 cm³/mol. The van der Waals surface area contributed by atoms with Gasteiger partial charge in [-0.2, -0.15) is 5.01 Å². The molecule has 38 heavy (non-hydrogen) atoms. The second-order valence-corrected chi connectivity index (χ2v) is 11.5. The molecule has 1 atom stereocenters. The fourth-order valence-electron chi connectivity index (χ4n) is 4.26. The first-order valence-corrected chi connectivity index (χ1v) is 14.3. The summed E-state index contributed by atoms with van der Waals surface area (Å²) in [5, 5.41) is 11.7. The van der Waals surface area contributed by atoms with E-state index in [9.17, 15) is 14.4 Å². The number of hydrazone groups is 1. The van der Waals surface area contributed by atoms with Crippen molar-refractivity contribution in [3.63, 3.8) is 0 Å². The zero-order valence-corrected chi connectivity index (χ0v) is 23.7. The van der Waals surface area contributed by atoms with Crippen LogP contribution in [0.15, 0.2) is 35.4 Å². The van der Waals surface area contributed by atoms with Gasteiger partial charge in [0.15, 0.2) is 12.4 Å². The zero-order valence-electron chi connectivity index (χ0n) is 22.9. The van der Waals surface area contributed by atoms with Gasteiger partial charge in [0.2, 0.25) is 0 Å². The average molecular weight is 548 g/mol. The van der Waals surface area contributed by atoms with Crippen LogP contribution in [-0.4, -0.2) is 77.8 Å². The van der Waals surface area contributed by atoms with Gasteiger partial charge in [0.1, 0.15) is 11.4 Å². The summed E-state index contributed by atoms with van der Waals surface area (Å²) < 4.78 is 11.5. The van der Waals surface area contributed by atoms with Crippen LogP contribution in [0.25, 0.3) is 0 Å². The first-order valence-electron chi connectivity index (χ1n) is 13.3. The zero-order chi connectivity index (χ0) is 27.5. The minimum atomic E-state index is -1.12. The molecule has 2 N–H and O–H groups in total. The summed E-state index contributed by atoms with van der Waals surface area (Å²) in [6, 6.07) is 8.53. The Kier molecular flexibility index (Phi) is 11.3. The van der Waals surface area contributed by atoms with E-state index >= 15 is 0 Å². The number of hydrogen-bond acceptors (Lipinski definition) is 8. The van der Waals surface area contributed by atoms with Crippen molar-refractivity contribution in [1.29, 1.82) is 0 Å². The predicted octanol–water partition coefficient (Wildman–Crippen LogP) is 3.78. The lowest BCUT2D eigenvalue weighted by Gasteiger charge is -2.39. The highest BCUT2D eigenvalue weighted by Gasteiger charge is 2.42. The van der Waals surface area contributed by atoms with Gasteiger partial charge in [-0.3, -0.25) is 9.59 Å². The van der Waals surface area contributed by atoms with Crippen molar-refractivity contribution >= 4 is 34.7 Å². The lowest BCUT2D eigenvalue weighted by atomic mass is 9.88. The third kappa shape index (κ3) is 9.20. The smallest absolute Gasteiger partial charge is 0.343 e. The normalized spacial score (nSPS) is 18.6. The lowest BCUT2D eigenvalue weighted by Crippen LogP contribution is -2.64. The molecule has 1 aromatic rings. The molecule has 1 fully saturated rings. The van der Waals surface area contributed by atoms with Crippen molar-refractivity contribution in [2.24, 2.45) is 11.0 Å². The minimum absolute atomic E-state index is 0.171. The Bertz CT molecular complexity index is 966. The number of hydrogen-bond donors (Lipinski definition) is 2. The quantitative estimate of drug-likeness (QED) is 0.383. The van der Waals surface area contributed by atoms with Gasteiger partial charge < -0.3 is 25.0 Å². The summed E-state index contributed by atoms with van der Waals surface area (Å²) >= 11 is 1.37. The van der Waals surface area contributed by atoms with E-state index in [4.69, 9.17) is 9.47 Å². The molecule has 0 saturated heterocycles. The molecule has 1 heterocycles. The Morgan fingerprint density at radius 3 is 2.53 bits per heavy atom. The van der Waals surface area contributed by atoms with Crippen molar-refractivity contribution < 1.29 is 23.9 Å². The summed E-state index contributed by atoms with van der Waals surface area (Å²) in [5.74, 6) is 1.11. The fourth-order valence-corrected chi connectivity index (χ4v) is 5.20. The van der Waals surface area contributed by atoms with Crippen molar-refractivity contribution in [3.8, 4) is 5.75 Å². The first kappa shape index (κ1) is 29.8. The van der Waals surface area contributed by atoms with Crippen LogP contribution in [-0.2, 0) is 14.3 Å². The molecule has 1 saturated carbocycles. The van der Waals surface area contributed by atoms with Crippen LogP contribution in [0.2, 0.25) is 0 Å². The van der Waals surface area contributed by atoms with E-state index in [1.807, 2.05) is 51.0 Å². The van der Waals surface area contributed by atoms with Crippen LogP contribution in [0.5, 0.6) is 5.75 Å². The Morgan fingerprint density at radius 2 is 1.87 bits per heavy atom. The molecular formula is C27H41N5O5S. The van der Waals surface area contributed by atoms with Crippen molar-refractivity contribution in [1.82, 2.24) is 20.5 Å². The number of para-hydroxylation sites is 1. The molecule has 1 unspecified atom stereocenters. The van der Waals surface area contributed by atoms with E-state index in [0.29, 0.717) is 41.9 Å². The van der Waals surface area contributed by atoms with E-state index < -0.39 is 17.9 Å². The molecule has 210 valence electrons. The summed E-state index contributed by atoms with van der Waals surface area (Å²) in [4.78, 5) is 41.4. The molecule has 0 bridgehead atoms. The van der Waals surface area contributed by atoms with Gasteiger partial charge in [0.05, 0.1) is 0 Å². The molecule has 1 aromatic carbocycles. The summed E-state index contributed by atoms with van der Waals surface area (Å²) in [6.07, 6.45) is 3.73. The number of benzene rings is 1. The third-order valence-corrected chi connectivity index (χ3v) is 7.20. The molecule has 11 heteroatoms. The van der Waals surface area contributed by atoms with Gasteiger partial charge in [0.25, 0.3) is 17.4 Å². The molecule has 0 spiro atoms. The number of ether oxygens (including phenoxy) is 2. The standard InChI is InChI=1S/C27H41N5O5S/c1-20(2)13-14-22(33)24-32(30-26(37-24)38-18-17-31(3)4)25(35)29-27(15-9-6-10-16-27)28-23(34)19-36-21-11-7-5-8-12-21/h5,7-8,11-12,20,24H,6,9-10,13-19H2,1-4H3,(H,28,34)(H,29,35). The molecule has 3 amide bonds. The number of urea groups is 1. The molecule has 1 aliphatic carbocycles. The van der Waals surface area contributed by atoms with Crippen LogP contribution in [0.3, 0.4) is 0 Å². The van der Waals surface area contributed by atoms with E-state index in [1.54, 1.807) is 12.1 Å². The van der Waals surface area contributed by atoms with Crippen LogP contribution >= 0.6 is 11.8 Å². The molecule has 10 nitrogen and oxygen atoms in total. The third-order valence-electron chi connectivity index (χ3n) is 6.38. The van der Waals surface area contributed by atoms with Gasteiger partial charge >= 0.3 is 6.03 Å². The lowest BCUT2D eigenvalue weighted by molar-refractivity contribution is -0.131. The van der Waals surface area contributed by atoms with Crippen LogP contribution in [0.1, 0.15) is 58.8 Å². The van der Waals surface area contributed by atoms with Gasteiger partial charge in [-0.15, -0.1) is 5.10 Å². The molecule has 0 radical (unpaired) electrons. The maximum absolute atomic E-state index is 13.5. The van der Waals surface area contributed by atoms with E-state index in [0.717, 1.165) is 30.8 Å². The highest BCUT2D eigenvalue weighted by Crippen LogP contribution is 2.28. The monoisotopic (exact) mass is 547 g/mol. The van der Waals surface area contributed by atoms with Crippen LogP contribution < -0.4 is 15.4 Å². The Labute approximate surface area is 229 Å². The van der Waals surface area contributed by atoms with E-state index in [2.05, 4.69) is 15.7 Å². The van der Waals surface area contributed by atoms with Gasteiger partial charge in [-0.1, -0.05) is 50.2 Å². The number of nitrogens with zero attached hydrogens (tertiary/aromatic N) is 3. The molecular weight excluding hydrogens is 506 g/mol. The number of carbonyl (C=O) groups is 3. The molecule has 1 aliphatic heterocycles. The SMILES string of the molecule is CC(C)CCC(=O)C1OC(SCCN(C)C)=NN1C(=O)NC1(NC(=O)COc2ccccc2)CCCCC1. The highest BCUT2D eigenvalue weighted by atomic mass is 32.2. The molecule has 2 aliphatic rings. The number of Topliss-reactive ketones (excluding diaryl/α,β-unsaturated/α-hetero) is 1. The topological polar surface area (TPSA) is 113 Å². The number of rotatable bonds is 12. The maximum atomic E-state index is 13.5. The summed E-state index contributed by atoms with van der Waals surface area (Å²) in [7, 11) is 3.94. The maximum Gasteiger partial charge on any atom is 0.343 e. The largest absolute Gasteiger partial charge is 0.484 e. The number of thioether (sulfide) groups is 1. The van der Waals surface area contributed by atoms with Crippen LogP contribution in [0, 0.1) is 5.92 Å². The second kappa shape index (κ2) is 14.4. The van der Waals surface area contributed by atoms with Gasteiger partial charge in [-0.05, 0) is 64.3 Å². The first-order chi connectivity index (χ1) is 18.2. The van der Waals surface area contributed by atoms with E-state index in [-0.39, 0.29) is 24.7 Å². The average Bonchev–Trinajstić information content (AvgIpc) is 3.31. The van der Waals surface area contributed by atoms with Crippen molar-refractivity contribution in [3.05, 3.63) is 30.3 Å². The second-order valence-electron chi connectivity index (χ2n) is 10.5. The molecule has 3 rings (SSSR count). The van der Waals surface area contributed by atoms with Gasteiger partial charge in [-0.25, -0.2) is 4.79 Å². The number of carbonyl (C=O) groups excluding carboxylic acids is 3. The highest BCUT2D eigenvalue weighted by molar-refractivity contribution is 8.13. The Morgan fingerprint density at radius 1 is 1.16 bits per heavy atom. The van der Waals surface area contributed by atoms with Crippen LogP contribution in [0.4, 0.5) is 4.79 Å². The minimum Gasteiger partial charge on any atom is -0.484 e. The summed E-state index contributed by atoms with van der Waals surface area (Å²) in [5.41, 5.74) is -0.950. The number of ketones is 1. The fraction of sp³-hybridized carbons (Fsp3) is 0.630. The molecule has 0 aromatic heterocycles. The van der Waals surface area contributed by atoms with E-state index in [1.165, 1.54) is 11.8 Å². The Hall–Kier alpha value is -2.79. The van der Waals surface area contributed by atoms with Crippen molar-refractivity contribution in [2.75, 3.05) is 33.0 Å². The summed E-state index contributed by atoms with van der Waals surface area (Å²) in [6.45, 7) is 4.72. The van der Waals surface area contributed by atoms with Gasteiger partial charge in [0, 0.05) is 18.7 Å². The Balaban J connectivity index is 1.69. The van der Waals surface area contributed by atoms with Crippen molar-refractivity contribution in [2.45, 2.75) is 70.7 Å². The number of nitrogens with one attached hydrogen (secondary N) is 2.